The molecule has 4 aromatic rings. The molecule has 8 heteroatoms. The van der Waals surface area contributed by atoms with Crippen molar-refractivity contribution in [3.63, 3.8) is 0 Å². The number of ether oxygens (including phenoxy) is 1. The Labute approximate surface area is 171 Å². The van der Waals surface area contributed by atoms with E-state index in [9.17, 15) is 14.4 Å². The van der Waals surface area contributed by atoms with Crippen molar-refractivity contribution in [3.05, 3.63) is 88.8 Å². The fraction of sp³-hybridized carbons (Fsp3) is 0.0909. The van der Waals surface area contributed by atoms with E-state index in [0.717, 1.165) is 0 Å². The van der Waals surface area contributed by atoms with Gasteiger partial charge in [0.1, 0.15) is 6.54 Å². The Bertz CT molecular complexity index is 1290. The number of anilines is 1. The smallest absolute Gasteiger partial charge is 0.339 e. The Morgan fingerprint density at radius 3 is 2.50 bits per heavy atom. The van der Waals surface area contributed by atoms with Crippen LogP contribution in [0.2, 0.25) is 0 Å². The lowest BCUT2D eigenvalue weighted by Crippen LogP contribution is -2.27. The molecule has 30 heavy (non-hydrogen) atoms. The van der Waals surface area contributed by atoms with Crippen LogP contribution in [0, 0.1) is 0 Å². The van der Waals surface area contributed by atoms with Crippen LogP contribution in [0.3, 0.4) is 0 Å². The van der Waals surface area contributed by atoms with Gasteiger partial charge in [0, 0.05) is 6.20 Å². The van der Waals surface area contributed by atoms with Crippen molar-refractivity contribution < 1.29 is 14.3 Å². The van der Waals surface area contributed by atoms with E-state index in [4.69, 9.17) is 4.74 Å². The Hall–Kier alpha value is -4.20. The number of amides is 1. The molecular formula is C22H18N4O4. The minimum absolute atomic E-state index is 0.180. The van der Waals surface area contributed by atoms with Gasteiger partial charge in [0.15, 0.2) is 5.65 Å². The van der Waals surface area contributed by atoms with E-state index in [2.05, 4.69) is 10.3 Å². The molecule has 0 aliphatic heterocycles. The molecular weight excluding hydrogens is 384 g/mol. The van der Waals surface area contributed by atoms with Crippen LogP contribution >= 0.6 is 0 Å². The zero-order valence-corrected chi connectivity index (χ0v) is 16.1. The number of nitrogens with one attached hydrogen (secondary N) is 1. The first-order chi connectivity index (χ1) is 14.6. The van der Waals surface area contributed by atoms with E-state index >= 15 is 0 Å². The Morgan fingerprint density at radius 2 is 1.73 bits per heavy atom. The fourth-order valence-electron chi connectivity index (χ4n) is 3.27. The van der Waals surface area contributed by atoms with Gasteiger partial charge < -0.3 is 10.1 Å². The maximum absolute atomic E-state index is 13.0. The van der Waals surface area contributed by atoms with Gasteiger partial charge in [0.2, 0.25) is 5.91 Å². The lowest BCUT2D eigenvalue weighted by molar-refractivity contribution is -0.116. The van der Waals surface area contributed by atoms with Crippen molar-refractivity contribution in [3.8, 4) is 5.69 Å². The van der Waals surface area contributed by atoms with Gasteiger partial charge in [-0.15, -0.1) is 0 Å². The summed E-state index contributed by atoms with van der Waals surface area (Å²) in [7, 11) is 1.27. The van der Waals surface area contributed by atoms with Crippen LogP contribution in [0.1, 0.15) is 10.4 Å². The number of methoxy groups -OCH3 is 1. The molecule has 0 spiro atoms. The number of esters is 1. The highest BCUT2D eigenvalue weighted by atomic mass is 16.5. The summed E-state index contributed by atoms with van der Waals surface area (Å²) in [6.45, 7) is -0.180. The number of hydrogen-bond donors (Lipinski definition) is 1. The molecule has 0 aliphatic rings. The highest BCUT2D eigenvalue weighted by molar-refractivity contribution is 6.01. The molecule has 0 unspecified atom stereocenters. The molecule has 0 saturated heterocycles. The Balaban J connectivity index is 1.74. The summed E-state index contributed by atoms with van der Waals surface area (Å²) in [5.74, 6) is -0.973. The summed E-state index contributed by atoms with van der Waals surface area (Å²) in [5.41, 5.74) is 1.30. The van der Waals surface area contributed by atoms with Crippen LogP contribution < -0.4 is 10.9 Å². The van der Waals surface area contributed by atoms with Crippen LogP contribution in [0.4, 0.5) is 5.69 Å². The van der Waals surface area contributed by atoms with Crippen molar-refractivity contribution in [1.29, 1.82) is 0 Å². The number of hydrogen-bond acceptors (Lipinski definition) is 5. The molecule has 2 aromatic heterocycles. The standard InChI is InChI=1S/C22H18N4O4/c1-30-22(29)16-10-5-6-12-18(16)24-19(27)14-25-20-17(11-7-13-23-20)21(28)26(25)15-8-3-2-4-9-15/h2-13H,14H2,1H3,(H,24,27). The molecule has 150 valence electrons. The van der Waals surface area contributed by atoms with E-state index in [1.54, 1.807) is 54.7 Å². The van der Waals surface area contributed by atoms with Crippen molar-refractivity contribution in [1.82, 2.24) is 14.3 Å². The third kappa shape index (κ3) is 3.46. The van der Waals surface area contributed by atoms with Gasteiger partial charge in [0.25, 0.3) is 5.56 Å². The van der Waals surface area contributed by atoms with Crippen molar-refractivity contribution in [2.75, 3.05) is 12.4 Å². The first-order valence-corrected chi connectivity index (χ1v) is 9.19. The predicted octanol–water partition coefficient (Wildman–Crippen LogP) is 2.61. The maximum Gasteiger partial charge on any atom is 0.339 e. The summed E-state index contributed by atoms with van der Waals surface area (Å²) in [4.78, 5) is 42.1. The summed E-state index contributed by atoms with van der Waals surface area (Å²) in [6.07, 6.45) is 1.57. The number of rotatable bonds is 5. The molecule has 1 N–H and O–H groups in total. The number of para-hydroxylation sites is 2. The number of aromatic nitrogens is 3. The van der Waals surface area contributed by atoms with Gasteiger partial charge in [-0.3, -0.25) is 14.3 Å². The second-order valence-corrected chi connectivity index (χ2v) is 6.47. The minimum Gasteiger partial charge on any atom is -0.465 e. The quantitative estimate of drug-likeness (QED) is 0.518. The van der Waals surface area contributed by atoms with E-state index in [1.165, 1.54) is 16.5 Å². The predicted molar refractivity (Wildman–Crippen MR) is 112 cm³/mol. The van der Waals surface area contributed by atoms with Crippen LogP contribution in [0.5, 0.6) is 0 Å². The monoisotopic (exact) mass is 402 g/mol. The first-order valence-electron chi connectivity index (χ1n) is 9.19. The minimum atomic E-state index is -0.555. The second kappa shape index (κ2) is 8.04. The highest BCUT2D eigenvalue weighted by Gasteiger charge is 2.19. The molecule has 0 radical (unpaired) electrons. The summed E-state index contributed by atoms with van der Waals surface area (Å²) < 4.78 is 7.70. The van der Waals surface area contributed by atoms with Gasteiger partial charge in [-0.1, -0.05) is 30.3 Å². The van der Waals surface area contributed by atoms with Crippen molar-refractivity contribution in [2.24, 2.45) is 0 Å². The molecule has 0 fully saturated rings. The van der Waals surface area contributed by atoms with Crippen molar-refractivity contribution in [2.45, 2.75) is 6.54 Å². The number of carbonyl (C=O) groups is 2. The lowest BCUT2D eigenvalue weighted by atomic mass is 10.2. The van der Waals surface area contributed by atoms with Crippen LogP contribution in [0.25, 0.3) is 16.7 Å². The highest BCUT2D eigenvalue weighted by Crippen LogP contribution is 2.17. The fourth-order valence-corrected chi connectivity index (χ4v) is 3.27. The van der Waals surface area contributed by atoms with E-state index < -0.39 is 11.9 Å². The molecule has 8 nitrogen and oxygen atoms in total. The van der Waals surface area contributed by atoms with Gasteiger partial charge >= 0.3 is 5.97 Å². The molecule has 0 saturated carbocycles. The van der Waals surface area contributed by atoms with Gasteiger partial charge in [-0.2, -0.15) is 0 Å². The molecule has 0 aliphatic carbocycles. The summed E-state index contributed by atoms with van der Waals surface area (Å²) in [5, 5.41) is 3.13. The number of pyridine rings is 1. The average Bonchev–Trinajstić information content (AvgIpc) is 3.06. The van der Waals surface area contributed by atoms with Gasteiger partial charge in [0.05, 0.1) is 29.4 Å². The topological polar surface area (TPSA) is 95.2 Å². The number of fused-ring (bicyclic) bond motifs is 1. The Morgan fingerprint density at radius 1 is 1.00 bits per heavy atom. The molecule has 4 rings (SSSR count). The third-order valence-electron chi connectivity index (χ3n) is 4.60. The lowest BCUT2D eigenvalue weighted by Gasteiger charge is -2.13. The number of carbonyl (C=O) groups excluding carboxylic acids is 2. The molecule has 1 amide bonds. The number of nitrogens with zero attached hydrogens (tertiary/aromatic N) is 3. The van der Waals surface area contributed by atoms with Crippen LogP contribution in [-0.2, 0) is 16.1 Å². The second-order valence-electron chi connectivity index (χ2n) is 6.47. The molecule has 2 aromatic carbocycles. The SMILES string of the molecule is COC(=O)c1ccccc1NC(=O)Cn1c2ncccc2c(=O)n1-c1ccccc1. The summed E-state index contributed by atoms with van der Waals surface area (Å²) >= 11 is 0. The van der Waals surface area contributed by atoms with Crippen molar-refractivity contribution >= 4 is 28.6 Å². The number of benzene rings is 2. The zero-order chi connectivity index (χ0) is 21.1. The van der Waals surface area contributed by atoms with E-state index in [-0.39, 0.29) is 17.7 Å². The van der Waals surface area contributed by atoms with Crippen LogP contribution in [-0.4, -0.2) is 33.3 Å². The van der Waals surface area contributed by atoms with Crippen LogP contribution in [0.15, 0.2) is 77.7 Å². The molecule has 0 atom stereocenters. The van der Waals surface area contributed by atoms with Gasteiger partial charge in [-0.05, 0) is 36.4 Å². The average molecular weight is 402 g/mol. The largest absolute Gasteiger partial charge is 0.465 e. The van der Waals surface area contributed by atoms with E-state index in [1.807, 2.05) is 18.2 Å². The maximum atomic E-state index is 13.0. The zero-order valence-electron chi connectivity index (χ0n) is 16.1. The first kappa shape index (κ1) is 19.1. The molecule has 0 bridgehead atoms. The summed E-state index contributed by atoms with van der Waals surface area (Å²) in [6, 6.07) is 18.9. The molecule has 2 heterocycles. The third-order valence-corrected chi connectivity index (χ3v) is 4.60. The Kier molecular flexibility index (Phi) is 5.13. The van der Waals surface area contributed by atoms with E-state index in [0.29, 0.717) is 22.4 Å². The normalized spacial score (nSPS) is 10.7. The van der Waals surface area contributed by atoms with Gasteiger partial charge in [-0.25, -0.2) is 14.5 Å².